The van der Waals surface area contributed by atoms with Gasteiger partial charge in [0.15, 0.2) is 6.67 Å². The van der Waals surface area contributed by atoms with Crippen molar-refractivity contribution in [3.63, 3.8) is 0 Å². The van der Waals surface area contributed by atoms with E-state index in [0.717, 1.165) is 11.1 Å². The van der Waals surface area contributed by atoms with Gasteiger partial charge in [-0.25, -0.2) is 4.39 Å². The Morgan fingerprint density at radius 1 is 0.941 bits per heavy atom. The van der Waals surface area contributed by atoms with Crippen LogP contribution in [0.25, 0.3) is 11.1 Å². The average Bonchev–Trinajstić information content (AvgIpc) is 2.40. The van der Waals surface area contributed by atoms with Crippen LogP contribution in [0.3, 0.4) is 0 Å². The highest BCUT2D eigenvalue weighted by Gasteiger charge is 2.01. The van der Waals surface area contributed by atoms with Crippen molar-refractivity contribution in [1.82, 2.24) is 0 Å². The van der Waals surface area contributed by atoms with Gasteiger partial charge in [-0.3, -0.25) is 4.79 Å². The number of anilines is 1. The van der Waals surface area contributed by atoms with E-state index in [1.807, 2.05) is 42.5 Å². The Hall–Kier alpha value is -2.16. The molecule has 1 amide bonds. The molecule has 2 rings (SSSR count). The summed E-state index contributed by atoms with van der Waals surface area (Å²) in [6.45, 7) is -1.000. The van der Waals surface area contributed by atoms with Gasteiger partial charge in [-0.15, -0.1) is 0 Å². The first-order valence-corrected chi connectivity index (χ1v) is 5.31. The molecule has 86 valence electrons. The monoisotopic (exact) mass is 229 g/mol. The number of halogens is 1. The topological polar surface area (TPSA) is 29.1 Å². The lowest BCUT2D eigenvalue weighted by Crippen LogP contribution is -2.12. The lowest BCUT2D eigenvalue weighted by molar-refractivity contribution is -0.117. The maximum absolute atomic E-state index is 12.0. The Balaban J connectivity index is 2.16. The Bertz CT molecular complexity index is 493. The van der Waals surface area contributed by atoms with Gasteiger partial charge in [0.1, 0.15) is 0 Å². The molecule has 0 aliphatic rings. The molecule has 0 atom stereocenters. The van der Waals surface area contributed by atoms with Crippen molar-refractivity contribution in [3.05, 3.63) is 54.6 Å². The van der Waals surface area contributed by atoms with Crippen LogP contribution in [-0.4, -0.2) is 12.6 Å². The molecule has 0 heterocycles. The summed E-state index contributed by atoms with van der Waals surface area (Å²) in [5, 5.41) is 2.46. The zero-order chi connectivity index (χ0) is 12.1. The minimum atomic E-state index is -1.000. The third kappa shape index (κ3) is 2.91. The third-order valence-electron chi connectivity index (χ3n) is 2.40. The number of hydrogen-bond donors (Lipinski definition) is 1. The minimum Gasteiger partial charge on any atom is -0.324 e. The van der Waals surface area contributed by atoms with E-state index in [-0.39, 0.29) is 0 Å². The molecule has 0 radical (unpaired) electrons. The minimum absolute atomic E-state index is 0.604. The van der Waals surface area contributed by atoms with Crippen molar-refractivity contribution in [3.8, 4) is 11.1 Å². The summed E-state index contributed by atoms with van der Waals surface area (Å²) in [6, 6.07) is 17.2. The second-order valence-electron chi connectivity index (χ2n) is 3.63. The van der Waals surface area contributed by atoms with Crippen LogP contribution in [0.2, 0.25) is 0 Å². The molecular formula is C14H12FNO. The van der Waals surface area contributed by atoms with Crippen molar-refractivity contribution in [2.24, 2.45) is 0 Å². The Morgan fingerprint density at radius 3 is 2.12 bits per heavy atom. The number of carbonyl (C=O) groups is 1. The van der Waals surface area contributed by atoms with Crippen LogP contribution in [0, 0.1) is 0 Å². The van der Waals surface area contributed by atoms with E-state index in [1.54, 1.807) is 12.1 Å². The molecular weight excluding hydrogens is 217 g/mol. The van der Waals surface area contributed by atoms with Crippen molar-refractivity contribution >= 4 is 11.6 Å². The number of alkyl halides is 1. The number of carbonyl (C=O) groups excluding carboxylic acids is 1. The van der Waals surface area contributed by atoms with Gasteiger partial charge in [-0.2, -0.15) is 0 Å². The van der Waals surface area contributed by atoms with E-state index >= 15 is 0 Å². The highest BCUT2D eigenvalue weighted by Crippen LogP contribution is 2.20. The van der Waals surface area contributed by atoms with Crippen LogP contribution in [0.5, 0.6) is 0 Å². The van der Waals surface area contributed by atoms with E-state index in [0.29, 0.717) is 5.69 Å². The zero-order valence-electron chi connectivity index (χ0n) is 9.19. The summed E-state index contributed by atoms with van der Waals surface area (Å²) in [6.07, 6.45) is 0. The summed E-state index contributed by atoms with van der Waals surface area (Å²) < 4.78 is 12.0. The first-order chi connectivity index (χ1) is 8.29. The number of hydrogen-bond acceptors (Lipinski definition) is 1. The van der Waals surface area contributed by atoms with Gasteiger partial charge < -0.3 is 5.32 Å². The number of benzene rings is 2. The maximum atomic E-state index is 12.0. The van der Waals surface area contributed by atoms with Gasteiger partial charge in [0.2, 0.25) is 0 Å². The zero-order valence-corrected chi connectivity index (χ0v) is 9.19. The molecule has 2 nitrogen and oxygen atoms in total. The molecule has 0 spiro atoms. The summed E-state index contributed by atoms with van der Waals surface area (Å²) in [7, 11) is 0. The second kappa shape index (κ2) is 5.25. The SMILES string of the molecule is O=C(CF)Nc1ccc(-c2ccccc2)cc1. The lowest BCUT2D eigenvalue weighted by Gasteiger charge is -2.05. The number of rotatable bonds is 3. The van der Waals surface area contributed by atoms with Crippen LogP contribution in [0.4, 0.5) is 10.1 Å². The molecule has 2 aromatic carbocycles. The van der Waals surface area contributed by atoms with Crippen molar-refractivity contribution in [2.75, 3.05) is 12.0 Å². The Morgan fingerprint density at radius 2 is 1.53 bits per heavy atom. The van der Waals surface area contributed by atoms with Crippen LogP contribution >= 0.6 is 0 Å². The predicted octanol–water partition coefficient (Wildman–Crippen LogP) is 3.26. The van der Waals surface area contributed by atoms with Crippen LogP contribution in [0.1, 0.15) is 0 Å². The molecule has 2 aromatic rings. The fourth-order valence-corrected chi connectivity index (χ4v) is 1.57. The molecule has 0 aromatic heterocycles. The molecule has 0 bridgehead atoms. The molecule has 17 heavy (non-hydrogen) atoms. The first-order valence-electron chi connectivity index (χ1n) is 5.31. The number of nitrogens with one attached hydrogen (secondary N) is 1. The summed E-state index contributed by atoms with van der Waals surface area (Å²) in [5.74, 6) is -0.627. The first kappa shape index (κ1) is 11.3. The maximum Gasteiger partial charge on any atom is 0.255 e. The highest BCUT2D eigenvalue weighted by molar-refractivity contribution is 5.91. The van der Waals surface area contributed by atoms with Crippen molar-refractivity contribution in [2.45, 2.75) is 0 Å². The Labute approximate surface area is 99.1 Å². The molecule has 3 heteroatoms. The standard InChI is InChI=1S/C14H12FNO/c15-10-14(17)16-13-8-6-12(7-9-13)11-4-2-1-3-5-11/h1-9H,10H2,(H,16,17). The third-order valence-corrected chi connectivity index (χ3v) is 2.40. The molecule has 1 N–H and O–H groups in total. The summed E-state index contributed by atoms with van der Waals surface area (Å²) >= 11 is 0. The molecule has 0 fully saturated rings. The van der Waals surface area contributed by atoms with Crippen LogP contribution in [0.15, 0.2) is 54.6 Å². The van der Waals surface area contributed by atoms with E-state index in [4.69, 9.17) is 0 Å². The fourth-order valence-electron chi connectivity index (χ4n) is 1.57. The van der Waals surface area contributed by atoms with Crippen LogP contribution < -0.4 is 5.32 Å². The smallest absolute Gasteiger partial charge is 0.255 e. The van der Waals surface area contributed by atoms with E-state index in [1.165, 1.54) is 0 Å². The van der Waals surface area contributed by atoms with Crippen LogP contribution in [-0.2, 0) is 4.79 Å². The van der Waals surface area contributed by atoms with Gasteiger partial charge in [0, 0.05) is 5.69 Å². The second-order valence-corrected chi connectivity index (χ2v) is 3.63. The van der Waals surface area contributed by atoms with Gasteiger partial charge in [-0.1, -0.05) is 42.5 Å². The number of amides is 1. The van der Waals surface area contributed by atoms with Gasteiger partial charge >= 0.3 is 0 Å². The van der Waals surface area contributed by atoms with Crippen molar-refractivity contribution < 1.29 is 9.18 Å². The predicted molar refractivity (Wildman–Crippen MR) is 66.5 cm³/mol. The molecule has 0 saturated carbocycles. The summed E-state index contributed by atoms with van der Waals surface area (Å²) in [5.41, 5.74) is 2.77. The van der Waals surface area contributed by atoms with Gasteiger partial charge in [0.05, 0.1) is 0 Å². The highest BCUT2D eigenvalue weighted by atomic mass is 19.1. The molecule has 0 aliphatic carbocycles. The van der Waals surface area contributed by atoms with E-state index in [9.17, 15) is 9.18 Å². The van der Waals surface area contributed by atoms with E-state index in [2.05, 4.69) is 5.32 Å². The van der Waals surface area contributed by atoms with Crippen molar-refractivity contribution in [1.29, 1.82) is 0 Å². The fraction of sp³-hybridized carbons (Fsp3) is 0.0714. The van der Waals surface area contributed by atoms with E-state index < -0.39 is 12.6 Å². The summed E-state index contributed by atoms with van der Waals surface area (Å²) in [4.78, 5) is 10.9. The molecule has 0 saturated heterocycles. The largest absolute Gasteiger partial charge is 0.324 e. The molecule has 0 aliphatic heterocycles. The normalized spacial score (nSPS) is 9.94. The van der Waals surface area contributed by atoms with Gasteiger partial charge in [-0.05, 0) is 23.3 Å². The Kier molecular flexibility index (Phi) is 3.50. The average molecular weight is 229 g/mol. The lowest BCUT2D eigenvalue weighted by atomic mass is 10.1. The van der Waals surface area contributed by atoms with Gasteiger partial charge in [0.25, 0.3) is 5.91 Å². The quantitative estimate of drug-likeness (QED) is 0.859. The molecule has 0 unspecified atom stereocenters.